The molecule has 0 bridgehead atoms. The van der Waals surface area contributed by atoms with Crippen LogP contribution in [0, 0.1) is 11.2 Å². The number of hydrogen-bond donors (Lipinski definition) is 1. The molecule has 2 aliphatic heterocycles. The number of aromatic nitrogens is 1. The van der Waals surface area contributed by atoms with Crippen LogP contribution in [-0.4, -0.2) is 60.2 Å². The van der Waals surface area contributed by atoms with Crippen molar-refractivity contribution in [3.8, 4) is 0 Å². The van der Waals surface area contributed by atoms with Gasteiger partial charge < -0.3 is 15.0 Å². The van der Waals surface area contributed by atoms with Gasteiger partial charge in [0, 0.05) is 57.1 Å². The molecule has 2 fully saturated rings. The molecule has 1 aromatic heterocycles. The second-order valence-corrected chi connectivity index (χ2v) is 8.40. The lowest BCUT2D eigenvalue weighted by Crippen LogP contribution is -2.51. The van der Waals surface area contributed by atoms with Crippen LogP contribution in [0.5, 0.6) is 0 Å². The van der Waals surface area contributed by atoms with E-state index in [1.165, 1.54) is 17.7 Å². The fourth-order valence-electron chi connectivity index (χ4n) is 4.39. The zero-order valence-corrected chi connectivity index (χ0v) is 17.2. The molecule has 2 amide bonds. The van der Waals surface area contributed by atoms with Crippen molar-refractivity contribution in [2.45, 2.75) is 25.9 Å². The van der Waals surface area contributed by atoms with Crippen molar-refractivity contribution in [3.05, 3.63) is 65.7 Å². The van der Waals surface area contributed by atoms with Gasteiger partial charge in [-0.05, 0) is 42.2 Å². The molecule has 2 aromatic rings. The average molecular weight is 413 g/mol. The van der Waals surface area contributed by atoms with E-state index >= 15 is 0 Å². The number of pyridine rings is 1. The fourth-order valence-corrected chi connectivity index (χ4v) is 4.39. The summed E-state index contributed by atoms with van der Waals surface area (Å²) in [6.07, 6.45) is 5.56. The van der Waals surface area contributed by atoms with Crippen LogP contribution >= 0.6 is 0 Å². The largest absolute Gasteiger partial charge is 0.379 e. The maximum Gasteiger partial charge on any atom is 0.317 e. The van der Waals surface area contributed by atoms with E-state index < -0.39 is 0 Å². The van der Waals surface area contributed by atoms with Crippen LogP contribution in [0.1, 0.15) is 24.0 Å². The lowest BCUT2D eigenvalue weighted by Gasteiger charge is -2.42. The Balaban J connectivity index is 1.30. The summed E-state index contributed by atoms with van der Waals surface area (Å²) < 4.78 is 19.3. The molecule has 7 heteroatoms. The number of halogens is 1. The van der Waals surface area contributed by atoms with E-state index in [4.69, 9.17) is 4.74 Å². The first kappa shape index (κ1) is 20.8. The van der Waals surface area contributed by atoms with Crippen LogP contribution < -0.4 is 5.32 Å². The number of hydrogen-bond acceptors (Lipinski definition) is 4. The van der Waals surface area contributed by atoms with Gasteiger partial charge in [0.1, 0.15) is 5.82 Å². The highest BCUT2D eigenvalue weighted by Crippen LogP contribution is 2.34. The van der Waals surface area contributed by atoms with E-state index in [2.05, 4.69) is 21.3 Å². The van der Waals surface area contributed by atoms with Crippen molar-refractivity contribution in [2.24, 2.45) is 5.41 Å². The number of piperidine rings is 1. The lowest BCUT2D eigenvalue weighted by molar-refractivity contribution is 0.0229. The highest BCUT2D eigenvalue weighted by atomic mass is 19.1. The number of amides is 2. The van der Waals surface area contributed by atoms with E-state index in [1.54, 1.807) is 12.3 Å². The topological polar surface area (TPSA) is 57.7 Å². The normalized spacial score (nSPS) is 19.4. The minimum absolute atomic E-state index is 0.0814. The zero-order valence-electron chi connectivity index (χ0n) is 17.2. The van der Waals surface area contributed by atoms with Gasteiger partial charge in [0.25, 0.3) is 0 Å². The van der Waals surface area contributed by atoms with Crippen molar-refractivity contribution < 1.29 is 13.9 Å². The van der Waals surface area contributed by atoms with Crippen molar-refractivity contribution in [3.63, 3.8) is 0 Å². The second kappa shape index (κ2) is 9.53. The molecule has 1 spiro atoms. The van der Waals surface area contributed by atoms with Crippen LogP contribution in [0.15, 0.2) is 48.8 Å². The SMILES string of the molecule is O=C(NCc1cccc(F)c1)N1CCC2(CC1)COCCN(Cc1cccnc1)C2. The van der Waals surface area contributed by atoms with Gasteiger partial charge in [-0.25, -0.2) is 9.18 Å². The van der Waals surface area contributed by atoms with Gasteiger partial charge in [-0.2, -0.15) is 0 Å². The number of rotatable bonds is 4. The van der Waals surface area contributed by atoms with Gasteiger partial charge in [0.15, 0.2) is 0 Å². The molecule has 0 atom stereocenters. The predicted molar refractivity (Wildman–Crippen MR) is 112 cm³/mol. The molecule has 6 nitrogen and oxygen atoms in total. The van der Waals surface area contributed by atoms with Gasteiger partial charge in [-0.15, -0.1) is 0 Å². The van der Waals surface area contributed by atoms with E-state index in [-0.39, 0.29) is 17.3 Å². The maximum absolute atomic E-state index is 13.3. The van der Waals surface area contributed by atoms with Crippen LogP contribution in [0.25, 0.3) is 0 Å². The molecule has 2 aliphatic rings. The number of likely N-dealkylation sites (tertiary alicyclic amines) is 1. The van der Waals surface area contributed by atoms with E-state index in [9.17, 15) is 9.18 Å². The Morgan fingerprint density at radius 2 is 2.00 bits per heavy atom. The molecular weight excluding hydrogens is 383 g/mol. The minimum Gasteiger partial charge on any atom is -0.379 e. The van der Waals surface area contributed by atoms with Crippen LogP contribution in [-0.2, 0) is 17.8 Å². The number of urea groups is 1. The first-order valence-corrected chi connectivity index (χ1v) is 10.6. The third kappa shape index (κ3) is 5.34. The predicted octanol–water partition coefficient (Wildman–Crippen LogP) is 3.04. The molecule has 0 unspecified atom stereocenters. The standard InChI is InChI=1S/C23H29FN4O2/c24-21-5-1-3-19(13-21)15-26-22(29)28-9-6-23(7-10-28)17-27(11-12-30-18-23)16-20-4-2-8-25-14-20/h1-5,8,13-14H,6-7,9-12,15-18H2,(H,26,29). The molecule has 2 saturated heterocycles. The summed E-state index contributed by atoms with van der Waals surface area (Å²) >= 11 is 0. The average Bonchev–Trinajstić information content (AvgIpc) is 2.95. The van der Waals surface area contributed by atoms with Crippen molar-refractivity contribution in [1.82, 2.24) is 20.1 Å². The van der Waals surface area contributed by atoms with Crippen LogP contribution in [0.2, 0.25) is 0 Å². The Morgan fingerprint density at radius 3 is 2.77 bits per heavy atom. The lowest BCUT2D eigenvalue weighted by atomic mass is 9.78. The van der Waals surface area contributed by atoms with Gasteiger partial charge >= 0.3 is 6.03 Å². The zero-order chi connectivity index (χ0) is 20.8. The molecule has 1 aromatic carbocycles. The quantitative estimate of drug-likeness (QED) is 0.839. The fraction of sp³-hybridized carbons (Fsp3) is 0.478. The molecule has 0 radical (unpaired) electrons. The molecule has 0 aliphatic carbocycles. The van der Waals surface area contributed by atoms with Gasteiger partial charge in [0.05, 0.1) is 13.2 Å². The number of carbonyl (C=O) groups excluding carboxylic acids is 1. The summed E-state index contributed by atoms with van der Waals surface area (Å²) in [4.78, 5) is 21.1. The van der Waals surface area contributed by atoms with E-state index in [0.717, 1.165) is 51.3 Å². The molecule has 0 saturated carbocycles. The van der Waals surface area contributed by atoms with Gasteiger partial charge in [0.2, 0.25) is 0 Å². The Bertz CT molecular complexity index is 840. The van der Waals surface area contributed by atoms with Crippen LogP contribution in [0.4, 0.5) is 9.18 Å². The highest BCUT2D eigenvalue weighted by molar-refractivity contribution is 5.74. The smallest absolute Gasteiger partial charge is 0.317 e. The Hall–Kier alpha value is -2.51. The van der Waals surface area contributed by atoms with Gasteiger partial charge in [-0.3, -0.25) is 9.88 Å². The van der Waals surface area contributed by atoms with E-state index in [0.29, 0.717) is 19.6 Å². The summed E-state index contributed by atoms with van der Waals surface area (Å²) in [6, 6.07) is 10.3. The Morgan fingerprint density at radius 1 is 1.17 bits per heavy atom. The molecular formula is C23H29FN4O2. The first-order chi connectivity index (χ1) is 14.6. The summed E-state index contributed by atoms with van der Waals surface area (Å²) in [5, 5.41) is 2.91. The maximum atomic E-state index is 13.3. The highest BCUT2D eigenvalue weighted by Gasteiger charge is 2.39. The van der Waals surface area contributed by atoms with E-state index in [1.807, 2.05) is 23.2 Å². The Kier molecular flexibility index (Phi) is 6.59. The summed E-state index contributed by atoms with van der Waals surface area (Å²) in [5.74, 6) is -0.286. The molecule has 160 valence electrons. The number of nitrogens with zero attached hydrogens (tertiary/aromatic N) is 3. The summed E-state index contributed by atoms with van der Waals surface area (Å²) in [6.45, 7) is 5.99. The summed E-state index contributed by atoms with van der Waals surface area (Å²) in [7, 11) is 0. The molecule has 1 N–H and O–H groups in total. The third-order valence-corrected chi connectivity index (χ3v) is 6.09. The third-order valence-electron chi connectivity index (χ3n) is 6.09. The number of carbonyl (C=O) groups is 1. The first-order valence-electron chi connectivity index (χ1n) is 10.6. The van der Waals surface area contributed by atoms with Crippen molar-refractivity contribution in [2.75, 3.05) is 39.4 Å². The monoisotopic (exact) mass is 412 g/mol. The Labute approximate surface area is 177 Å². The van der Waals surface area contributed by atoms with Gasteiger partial charge in [-0.1, -0.05) is 18.2 Å². The molecule has 30 heavy (non-hydrogen) atoms. The molecule has 3 heterocycles. The van der Waals surface area contributed by atoms with Crippen molar-refractivity contribution >= 4 is 6.03 Å². The minimum atomic E-state index is -0.286. The summed E-state index contributed by atoms with van der Waals surface area (Å²) in [5.41, 5.74) is 2.06. The second-order valence-electron chi connectivity index (χ2n) is 8.40. The number of nitrogens with one attached hydrogen (secondary N) is 1. The number of benzene rings is 1. The molecule has 4 rings (SSSR count). The van der Waals surface area contributed by atoms with Crippen LogP contribution in [0.3, 0.4) is 0 Å². The van der Waals surface area contributed by atoms with Crippen molar-refractivity contribution in [1.29, 1.82) is 0 Å². The number of ether oxygens (including phenoxy) is 1.